The van der Waals surface area contributed by atoms with Crippen molar-refractivity contribution in [1.82, 2.24) is 14.8 Å². The summed E-state index contributed by atoms with van der Waals surface area (Å²) in [7, 11) is 0. The van der Waals surface area contributed by atoms with E-state index in [1.165, 1.54) is 5.56 Å². The summed E-state index contributed by atoms with van der Waals surface area (Å²) in [4.78, 5) is 4.32. The molecule has 1 N–H and O–H groups in total. The van der Waals surface area contributed by atoms with Crippen molar-refractivity contribution in [3.63, 3.8) is 0 Å². The topological polar surface area (TPSA) is 42.7 Å². The largest absolute Gasteiger partial charge is 0.324 e. The minimum Gasteiger partial charge on any atom is -0.324 e. The Morgan fingerprint density at radius 1 is 1.00 bits per heavy atom. The quantitative estimate of drug-likeness (QED) is 0.754. The van der Waals surface area contributed by atoms with Crippen LogP contribution in [0.25, 0.3) is 5.70 Å². The lowest BCUT2D eigenvalue weighted by Gasteiger charge is -2.24. The Balaban J connectivity index is 1.81. The number of aromatic nitrogens is 3. The Hall–Kier alpha value is -2.40. The van der Waals surface area contributed by atoms with E-state index in [0.29, 0.717) is 0 Å². The molecule has 1 aliphatic heterocycles. The normalized spacial score (nSPS) is 16.6. The molecule has 0 saturated carbocycles. The number of benzene rings is 2. The van der Waals surface area contributed by atoms with Gasteiger partial charge in [0.15, 0.2) is 0 Å². The van der Waals surface area contributed by atoms with Crippen LogP contribution in [0.2, 0.25) is 0 Å². The third-order valence-electron chi connectivity index (χ3n) is 3.70. The molecule has 4 nitrogen and oxygen atoms in total. The van der Waals surface area contributed by atoms with Crippen molar-refractivity contribution in [2.75, 3.05) is 5.32 Å². The molecule has 22 heavy (non-hydrogen) atoms. The maximum Gasteiger partial charge on any atom is 0.226 e. The molecular formula is C17H13BrN4. The second-order valence-corrected chi connectivity index (χ2v) is 6.01. The highest BCUT2D eigenvalue weighted by molar-refractivity contribution is 9.10. The van der Waals surface area contributed by atoms with Crippen molar-refractivity contribution in [3.05, 3.63) is 82.6 Å². The molecule has 1 aromatic heterocycles. The van der Waals surface area contributed by atoms with E-state index in [2.05, 4.69) is 61.7 Å². The van der Waals surface area contributed by atoms with E-state index in [9.17, 15) is 0 Å². The lowest BCUT2D eigenvalue weighted by molar-refractivity contribution is 0.612. The van der Waals surface area contributed by atoms with Gasteiger partial charge in [-0.3, -0.25) is 0 Å². The Morgan fingerprint density at radius 2 is 1.77 bits per heavy atom. The molecule has 1 atom stereocenters. The molecule has 3 aromatic rings. The number of rotatable bonds is 2. The van der Waals surface area contributed by atoms with Gasteiger partial charge in [-0.1, -0.05) is 58.4 Å². The number of nitrogens with one attached hydrogen (secondary N) is 1. The van der Waals surface area contributed by atoms with Crippen molar-refractivity contribution in [1.29, 1.82) is 0 Å². The molecule has 5 heteroatoms. The second kappa shape index (κ2) is 5.42. The summed E-state index contributed by atoms with van der Waals surface area (Å²) in [5, 5.41) is 7.70. The van der Waals surface area contributed by atoms with Crippen molar-refractivity contribution < 1.29 is 0 Å². The average Bonchev–Trinajstić information content (AvgIpc) is 3.04. The molecule has 0 amide bonds. The van der Waals surface area contributed by atoms with Crippen molar-refractivity contribution in [2.24, 2.45) is 0 Å². The van der Waals surface area contributed by atoms with Crippen LogP contribution in [-0.4, -0.2) is 14.8 Å². The summed E-state index contributed by atoms with van der Waals surface area (Å²) in [5.41, 5.74) is 3.36. The summed E-state index contributed by atoms with van der Waals surface area (Å²) in [6.07, 6.45) is 3.76. The minimum absolute atomic E-state index is 0.0297. The molecule has 0 fully saturated rings. The second-order valence-electron chi connectivity index (χ2n) is 5.10. The molecule has 0 aliphatic carbocycles. The van der Waals surface area contributed by atoms with E-state index in [1.807, 2.05) is 35.0 Å². The Bertz CT molecular complexity index is 821. The van der Waals surface area contributed by atoms with Gasteiger partial charge in [0.25, 0.3) is 0 Å². The van der Waals surface area contributed by atoms with Crippen molar-refractivity contribution >= 4 is 27.6 Å². The molecule has 4 rings (SSSR count). The number of hydrogen-bond donors (Lipinski definition) is 1. The zero-order valence-electron chi connectivity index (χ0n) is 11.6. The molecule has 1 unspecified atom stereocenters. The maximum atomic E-state index is 4.35. The minimum atomic E-state index is 0.0297. The number of anilines is 1. The van der Waals surface area contributed by atoms with E-state index in [4.69, 9.17) is 0 Å². The van der Waals surface area contributed by atoms with Crippen LogP contribution in [0, 0.1) is 0 Å². The number of nitrogens with zero attached hydrogens (tertiary/aromatic N) is 3. The predicted molar refractivity (Wildman–Crippen MR) is 90.3 cm³/mol. The molecule has 0 radical (unpaired) electrons. The van der Waals surface area contributed by atoms with Gasteiger partial charge in [-0.15, -0.1) is 0 Å². The van der Waals surface area contributed by atoms with Gasteiger partial charge in [-0.2, -0.15) is 10.1 Å². The van der Waals surface area contributed by atoms with Gasteiger partial charge >= 0.3 is 0 Å². The summed E-state index contributed by atoms with van der Waals surface area (Å²) < 4.78 is 2.96. The zero-order valence-corrected chi connectivity index (χ0v) is 13.2. The van der Waals surface area contributed by atoms with E-state index in [-0.39, 0.29) is 6.04 Å². The maximum absolute atomic E-state index is 4.35. The summed E-state index contributed by atoms with van der Waals surface area (Å²) in [6, 6.07) is 18.6. The predicted octanol–water partition coefficient (Wildman–Crippen LogP) is 4.10. The van der Waals surface area contributed by atoms with E-state index < -0.39 is 0 Å². The summed E-state index contributed by atoms with van der Waals surface area (Å²) >= 11 is 3.48. The van der Waals surface area contributed by atoms with Crippen LogP contribution < -0.4 is 5.32 Å². The van der Waals surface area contributed by atoms with E-state index in [1.54, 1.807) is 6.33 Å². The van der Waals surface area contributed by atoms with E-state index in [0.717, 1.165) is 21.7 Å². The Morgan fingerprint density at radius 3 is 2.55 bits per heavy atom. The monoisotopic (exact) mass is 352 g/mol. The van der Waals surface area contributed by atoms with Crippen LogP contribution in [0.1, 0.15) is 17.2 Å². The zero-order chi connectivity index (χ0) is 14.9. The highest BCUT2D eigenvalue weighted by Crippen LogP contribution is 2.32. The highest BCUT2D eigenvalue weighted by atomic mass is 79.9. The lowest BCUT2D eigenvalue weighted by Crippen LogP contribution is -2.20. The Labute approximate surface area is 136 Å². The molecule has 0 bridgehead atoms. The highest BCUT2D eigenvalue weighted by Gasteiger charge is 2.23. The molecule has 1 aliphatic rings. The van der Waals surface area contributed by atoms with Crippen LogP contribution in [0.5, 0.6) is 0 Å². The van der Waals surface area contributed by atoms with Gasteiger partial charge in [0, 0.05) is 10.2 Å². The fraction of sp³-hybridized carbons (Fsp3) is 0.0588. The van der Waals surface area contributed by atoms with Gasteiger partial charge in [0.05, 0.1) is 0 Å². The summed E-state index contributed by atoms with van der Waals surface area (Å²) in [5.74, 6) is 0.759. The van der Waals surface area contributed by atoms with Crippen LogP contribution in [0.15, 0.2) is 71.5 Å². The van der Waals surface area contributed by atoms with Gasteiger partial charge in [-0.05, 0) is 29.3 Å². The first kappa shape index (κ1) is 13.3. The third-order valence-corrected chi connectivity index (χ3v) is 4.23. The van der Waals surface area contributed by atoms with Crippen LogP contribution in [0.3, 0.4) is 0 Å². The average molecular weight is 353 g/mol. The van der Waals surface area contributed by atoms with Gasteiger partial charge in [0.2, 0.25) is 5.95 Å². The standard InChI is InChI=1S/C17H13BrN4/c18-14-8-6-13(7-9-14)16-10-15(12-4-2-1-3-5-12)21-17-19-11-20-22(16)17/h1-11,16H,(H,19,20,21). The molecule has 2 heterocycles. The summed E-state index contributed by atoms with van der Waals surface area (Å²) in [6.45, 7) is 0. The van der Waals surface area contributed by atoms with E-state index >= 15 is 0 Å². The smallest absolute Gasteiger partial charge is 0.226 e. The molecule has 2 aromatic carbocycles. The first-order valence-corrected chi connectivity index (χ1v) is 7.80. The molecule has 108 valence electrons. The first-order chi connectivity index (χ1) is 10.8. The number of allylic oxidation sites excluding steroid dienone is 1. The fourth-order valence-corrected chi connectivity index (χ4v) is 2.88. The van der Waals surface area contributed by atoms with Crippen LogP contribution in [-0.2, 0) is 0 Å². The lowest BCUT2D eigenvalue weighted by atomic mass is 10.0. The van der Waals surface area contributed by atoms with Gasteiger partial charge < -0.3 is 5.32 Å². The molecule has 0 spiro atoms. The fourth-order valence-electron chi connectivity index (χ4n) is 2.62. The number of fused-ring (bicyclic) bond motifs is 1. The molecular weight excluding hydrogens is 340 g/mol. The molecule has 0 saturated heterocycles. The van der Waals surface area contributed by atoms with Crippen molar-refractivity contribution in [3.8, 4) is 0 Å². The first-order valence-electron chi connectivity index (χ1n) is 7.00. The van der Waals surface area contributed by atoms with Crippen LogP contribution in [0.4, 0.5) is 5.95 Å². The Kier molecular flexibility index (Phi) is 3.27. The van der Waals surface area contributed by atoms with Crippen LogP contribution >= 0.6 is 15.9 Å². The third kappa shape index (κ3) is 2.33. The van der Waals surface area contributed by atoms with Gasteiger partial charge in [-0.25, -0.2) is 4.68 Å². The van der Waals surface area contributed by atoms with Crippen molar-refractivity contribution in [2.45, 2.75) is 6.04 Å². The van der Waals surface area contributed by atoms with Gasteiger partial charge in [0.1, 0.15) is 12.4 Å². The number of hydrogen-bond acceptors (Lipinski definition) is 3. The SMILES string of the molecule is Brc1ccc(C2C=C(c3ccccc3)Nc3ncnn32)cc1. The number of halogens is 1.